The van der Waals surface area contributed by atoms with E-state index in [1.165, 1.54) is 0 Å². The fraction of sp³-hybridized carbons (Fsp3) is 0.447. The van der Waals surface area contributed by atoms with Crippen molar-refractivity contribution >= 4 is 22.9 Å². The number of aliphatic hydroxyl groups excluding tert-OH is 2. The molecule has 6 rings (SSSR count). The van der Waals surface area contributed by atoms with E-state index in [1.54, 1.807) is 6.26 Å². The van der Waals surface area contributed by atoms with Crippen molar-refractivity contribution < 1.29 is 24.2 Å². The van der Waals surface area contributed by atoms with Crippen LogP contribution in [0.25, 0.3) is 11.1 Å². The summed E-state index contributed by atoms with van der Waals surface area (Å²) in [5.74, 6) is -0.825. The highest BCUT2D eigenvalue weighted by Gasteiger charge is 2.37. The summed E-state index contributed by atoms with van der Waals surface area (Å²) >= 11 is 0. The predicted molar refractivity (Wildman–Crippen MR) is 184 cm³/mol. The number of rotatable bonds is 11. The number of hydrogen-bond acceptors (Lipinski definition) is 8. The molecule has 2 amide bonds. The Hall–Kier alpha value is -4.09. The van der Waals surface area contributed by atoms with Gasteiger partial charge in [0.1, 0.15) is 11.6 Å². The molecule has 2 aromatic heterocycles. The quantitative estimate of drug-likeness (QED) is 0.193. The Morgan fingerprint density at radius 1 is 1.04 bits per heavy atom. The van der Waals surface area contributed by atoms with Gasteiger partial charge in [0.05, 0.1) is 24.5 Å². The van der Waals surface area contributed by atoms with Crippen LogP contribution >= 0.6 is 0 Å². The van der Waals surface area contributed by atoms with Gasteiger partial charge in [0.2, 0.25) is 11.8 Å². The van der Waals surface area contributed by atoms with Gasteiger partial charge in [-0.2, -0.15) is 0 Å². The first-order valence-corrected chi connectivity index (χ1v) is 16.9. The number of aliphatic hydroxyl groups is 2. The minimum Gasteiger partial charge on any atom is -0.463 e. The van der Waals surface area contributed by atoms with Gasteiger partial charge in [-0.1, -0.05) is 54.6 Å². The number of hydrogen-bond donors (Lipinski definition) is 4. The molecular formula is C38H47N5O5. The van der Waals surface area contributed by atoms with Gasteiger partial charge in [-0.05, 0) is 61.9 Å². The smallest absolute Gasteiger partial charge is 0.239 e. The fourth-order valence-corrected chi connectivity index (χ4v) is 7.05. The van der Waals surface area contributed by atoms with E-state index in [0.29, 0.717) is 39.0 Å². The number of amides is 2. The molecule has 254 valence electrons. The Labute approximate surface area is 282 Å². The van der Waals surface area contributed by atoms with Gasteiger partial charge in [-0.25, -0.2) is 0 Å². The average Bonchev–Trinajstić information content (AvgIpc) is 3.64. The zero-order chi connectivity index (χ0) is 33.8. The molecule has 4 N–H and O–H groups in total. The summed E-state index contributed by atoms with van der Waals surface area (Å²) in [5, 5.41) is 28.6. The van der Waals surface area contributed by atoms with E-state index in [-0.39, 0.29) is 24.8 Å². The Morgan fingerprint density at radius 2 is 1.81 bits per heavy atom. The van der Waals surface area contributed by atoms with Crippen molar-refractivity contribution in [2.45, 2.75) is 76.4 Å². The average molecular weight is 654 g/mol. The summed E-state index contributed by atoms with van der Waals surface area (Å²) < 4.78 is 5.54. The highest BCUT2D eigenvalue weighted by molar-refractivity contribution is 5.83. The number of aromatic nitrogens is 1. The van der Waals surface area contributed by atoms with Crippen molar-refractivity contribution in [1.29, 1.82) is 0 Å². The minimum atomic E-state index is -0.854. The molecule has 4 aromatic rings. The number of piperazine rings is 1. The number of carbonyl (C=O) groups excluding carboxylic acids is 2. The predicted octanol–water partition coefficient (Wildman–Crippen LogP) is 3.61. The first-order chi connectivity index (χ1) is 23.0. The molecule has 1 aliphatic carbocycles. The maximum atomic E-state index is 13.9. The Morgan fingerprint density at radius 3 is 2.60 bits per heavy atom. The summed E-state index contributed by atoms with van der Waals surface area (Å²) in [5.41, 5.74) is 5.09. The van der Waals surface area contributed by atoms with Crippen molar-refractivity contribution in [3.8, 4) is 0 Å². The second kappa shape index (κ2) is 14.6. The van der Waals surface area contributed by atoms with Gasteiger partial charge in [0.25, 0.3) is 0 Å². The molecule has 2 aliphatic rings. The zero-order valence-electron chi connectivity index (χ0n) is 28.0. The second-order valence-electron chi connectivity index (χ2n) is 14.4. The molecule has 0 saturated carbocycles. The van der Waals surface area contributed by atoms with Crippen LogP contribution in [0.1, 0.15) is 55.5 Å². The van der Waals surface area contributed by atoms with Crippen LogP contribution in [-0.4, -0.2) is 86.8 Å². The second-order valence-corrected chi connectivity index (χ2v) is 14.4. The molecule has 0 bridgehead atoms. The summed E-state index contributed by atoms with van der Waals surface area (Å²) in [6.45, 7) is 8.52. The number of pyridine rings is 1. The third-order valence-corrected chi connectivity index (χ3v) is 9.34. The molecular weight excluding hydrogens is 606 g/mol. The van der Waals surface area contributed by atoms with Gasteiger partial charge >= 0.3 is 0 Å². The SMILES string of the molecule is CC(C)(C)NC(=O)[C@@H]1CN(Cc2cnc3ccoc3c2)CCN1C[C@@H](O)C[C@H](Cc1ccccc1)C(=O)N[C@H]1c2ccccc2C[C@H]1O. The van der Waals surface area contributed by atoms with E-state index in [1.807, 2.05) is 98.6 Å². The Balaban J connectivity index is 1.15. The molecule has 2 aromatic carbocycles. The van der Waals surface area contributed by atoms with Gasteiger partial charge in [-0.15, -0.1) is 0 Å². The van der Waals surface area contributed by atoms with Gasteiger partial charge < -0.3 is 25.3 Å². The molecule has 3 heterocycles. The van der Waals surface area contributed by atoms with E-state index in [0.717, 1.165) is 33.4 Å². The van der Waals surface area contributed by atoms with Crippen LogP contribution < -0.4 is 10.6 Å². The highest BCUT2D eigenvalue weighted by atomic mass is 16.3. The van der Waals surface area contributed by atoms with Crippen LogP contribution in [0, 0.1) is 5.92 Å². The van der Waals surface area contributed by atoms with Gasteiger partial charge in [0.15, 0.2) is 5.58 Å². The monoisotopic (exact) mass is 653 g/mol. The number of benzene rings is 2. The third-order valence-electron chi connectivity index (χ3n) is 9.34. The normalized spacial score (nSPS) is 21.5. The van der Waals surface area contributed by atoms with E-state index in [2.05, 4.69) is 20.5 Å². The van der Waals surface area contributed by atoms with E-state index in [4.69, 9.17) is 4.42 Å². The third kappa shape index (κ3) is 8.30. The zero-order valence-corrected chi connectivity index (χ0v) is 28.0. The van der Waals surface area contributed by atoms with Gasteiger partial charge in [0, 0.05) is 62.9 Å². The maximum Gasteiger partial charge on any atom is 0.239 e. The van der Waals surface area contributed by atoms with Crippen LogP contribution in [0.2, 0.25) is 0 Å². The van der Waals surface area contributed by atoms with Crippen LogP contribution in [0.3, 0.4) is 0 Å². The lowest BCUT2D eigenvalue weighted by molar-refractivity contribution is -0.132. The highest BCUT2D eigenvalue weighted by Crippen LogP contribution is 2.32. The lowest BCUT2D eigenvalue weighted by Crippen LogP contribution is -2.61. The largest absolute Gasteiger partial charge is 0.463 e. The van der Waals surface area contributed by atoms with E-state index >= 15 is 0 Å². The number of nitrogens with zero attached hydrogens (tertiary/aromatic N) is 3. The lowest BCUT2D eigenvalue weighted by atomic mass is 9.91. The summed E-state index contributed by atoms with van der Waals surface area (Å²) in [4.78, 5) is 36.3. The first-order valence-electron chi connectivity index (χ1n) is 16.9. The Bertz CT molecular complexity index is 1700. The Kier molecular flexibility index (Phi) is 10.3. The van der Waals surface area contributed by atoms with E-state index in [9.17, 15) is 19.8 Å². The van der Waals surface area contributed by atoms with Gasteiger partial charge in [-0.3, -0.25) is 24.4 Å². The molecule has 48 heavy (non-hydrogen) atoms. The maximum absolute atomic E-state index is 13.9. The van der Waals surface area contributed by atoms with Crippen LogP contribution in [0.4, 0.5) is 0 Å². The molecule has 1 aliphatic heterocycles. The molecule has 10 nitrogen and oxygen atoms in total. The van der Waals surface area contributed by atoms with Crippen LogP contribution in [0.5, 0.6) is 0 Å². The number of β-amino-alcohol motifs (C(OH)–C–C–N with tert-alkyl or cyclic N) is 1. The van der Waals surface area contributed by atoms with Crippen molar-refractivity contribution in [2.75, 3.05) is 26.2 Å². The van der Waals surface area contributed by atoms with Crippen molar-refractivity contribution in [3.63, 3.8) is 0 Å². The topological polar surface area (TPSA) is 131 Å². The molecule has 0 radical (unpaired) electrons. The van der Waals surface area contributed by atoms with E-state index < -0.39 is 35.7 Å². The number of carbonyl (C=O) groups is 2. The summed E-state index contributed by atoms with van der Waals surface area (Å²) in [7, 11) is 0. The first kappa shape index (κ1) is 33.8. The fourth-order valence-electron chi connectivity index (χ4n) is 7.05. The number of furan rings is 1. The number of fused-ring (bicyclic) bond motifs is 2. The van der Waals surface area contributed by atoms with Crippen LogP contribution in [-0.2, 0) is 29.0 Å². The summed E-state index contributed by atoms with van der Waals surface area (Å²) in [6, 6.07) is 20.4. The minimum absolute atomic E-state index is 0.0912. The standard InChI is InChI=1S/C38H47N5O5/c1-38(2,3)41-37(47)32-24-42(22-26-18-34-31(39-21-26)13-16-48-34)14-15-43(32)23-29(44)19-28(17-25-9-5-4-6-10-25)36(46)40-35-30-12-8-7-11-27(30)20-33(35)45/h4-13,16,18,21,28-29,32-33,35,44-45H,14-15,17,19-20,22-24H2,1-3H3,(H,40,46)(H,41,47)/t28-,29-,32-,33+,35-/m0/s1. The van der Waals surface area contributed by atoms with Crippen molar-refractivity contribution in [1.82, 2.24) is 25.4 Å². The lowest BCUT2D eigenvalue weighted by Gasteiger charge is -2.42. The molecule has 10 heteroatoms. The molecule has 0 unspecified atom stereocenters. The number of nitrogens with one attached hydrogen (secondary N) is 2. The van der Waals surface area contributed by atoms with Crippen molar-refractivity contribution in [3.05, 3.63) is 101 Å². The molecule has 1 fully saturated rings. The summed E-state index contributed by atoms with van der Waals surface area (Å²) in [6.07, 6.45) is 3.07. The molecule has 5 atom stereocenters. The van der Waals surface area contributed by atoms with Crippen LogP contribution in [0.15, 0.2) is 83.6 Å². The molecule has 0 spiro atoms. The van der Waals surface area contributed by atoms with Crippen molar-refractivity contribution in [2.24, 2.45) is 5.92 Å². The molecule has 1 saturated heterocycles.